The van der Waals surface area contributed by atoms with Gasteiger partial charge < -0.3 is 10.5 Å². The van der Waals surface area contributed by atoms with Gasteiger partial charge in [-0.2, -0.15) is 0 Å². The van der Waals surface area contributed by atoms with Gasteiger partial charge in [0.2, 0.25) is 5.91 Å². The molecule has 0 aliphatic carbocycles. The predicted octanol–water partition coefficient (Wildman–Crippen LogP) is 1.79. The van der Waals surface area contributed by atoms with E-state index >= 15 is 0 Å². The molecule has 0 rings (SSSR count). The zero-order valence-electron chi connectivity index (χ0n) is 10.1. The van der Waals surface area contributed by atoms with Crippen molar-refractivity contribution in [2.24, 2.45) is 11.7 Å². The molecular formula is C12H21NO3. The van der Waals surface area contributed by atoms with Crippen molar-refractivity contribution in [2.75, 3.05) is 6.61 Å². The monoisotopic (exact) mass is 227 g/mol. The lowest BCUT2D eigenvalue weighted by Gasteiger charge is -2.13. The fourth-order valence-electron chi connectivity index (χ4n) is 1.30. The Balaban J connectivity index is 3.83. The van der Waals surface area contributed by atoms with Crippen LogP contribution in [-0.2, 0) is 14.3 Å². The molecule has 0 saturated carbocycles. The normalized spacial score (nSPS) is 12.6. The Morgan fingerprint density at radius 2 is 2.00 bits per heavy atom. The third-order valence-corrected chi connectivity index (χ3v) is 2.39. The highest BCUT2D eigenvalue weighted by Gasteiger charge is 2.08. The molecule has 0 aromatic carbocycles. The summed E-state index contributed by atoms with van der Waals surface area (Å²) in [6, 6.07) is 0. The molecule has 0 heterocycles. The SMILES string of the molecule is CCCCC(CC)COC(=O)/C=C\C(N)=O. The second-order valence-electron chi connectivity index (χ2n) is 3.78. The van der Waals surface area contributed by atoms with Gasteiger partial charge in [-0.3, -0.25) is 4.79 Å². The Labute approximate surface area is 96.8 Å². The van der Waals surface area contributed by atoms with Crippen molar-refractivity contribution in [3.63, 3.8) is 0 Å². The molecule has 0 spiro atoms. The maximum atomic E-state index is 11.1. The number of amides is 1. The number of unbranched alkanes of at least 4 members (excludes halogenated alkanes) is 1. The van der Waals surface area contributed by atoms with E-state index in [0.29, 0.717) is 12.5 Å². The van der Waals surface area contributed by atoms with Gasteiger partial charge in [0.05, 0.1) is 6.61 Å². The summed E-state index contributed by atoms with van der Waals surface area (Å²) in [6.07, 6.45) is 6.43. The molecule has 0 aromatic heterocycles. The van der Waals surface area contributed by atoms with Crippen LogP contribution in [-0.4, -0.2) is 18.5 Å². The van der Waals surface area contributed by atoms with Crippen LogP contribution in [0.15, 0.2) is 12.2 Å². The Morgan fingerprint density at radius 1 is 1.31 bits per heavy atom. The van der Waals surface area contributed by atoms with Gasteiger partial charge in [0.25, 0.3) is 0 Å². The van der Waals surface area contributed by atoms with E-state index in [2.05, 4.69) is 13.8 Å². The van der Waals surface area contributed by atoms with Crippen LogP contribution in [0.3, 0.4) is 0 Å². The van der Waals surface area contributed by atoms with Crippen molar-refractivity contribution in [3.05, 3.63) is 12.2 Å². The molecule has 1 atom stereocenters. The van der Waals surface area contributed by atoms with Crippen molar-refractivity contribution < 1.29 is 14.3 Å². The minimum atomic E-state index is -0.644. The molecule has 0 radical (unpaired) electrons. The molecule has 0 saturated heterocycles. The molecule has 0 aliphatic heterocycles. The Hall–Kier alpha value is -1.32. The van der Waals surface area contributed by atoms with Gasteiger partial charge >= 0.3 is 5.97 Å². The van der Waals surface area contributed by atoms with Gasteiger partial charge in [-0.25, -0.2) is 4.79 Å². The van der Waals surface area contributed by atoms with Gasteiger partial charge in [0.15, 0.2) is 0 Å². The van der Waals surface area contributed by atoms with Crippen LogP contribution < -0.4 is 5.73 Å². The molecule has 92 valence electrons. The highest BCUT2D eigenvalue weighted by molar-refractivity contribution is 5.93. The summed E-state index contributed by atoms with van der Waals surface area (Å²) < 4.78 is 5.01. The van der Waals surface area contributed by atoms with Crippen LogP contribution in [0.1, 0.15) is 39.5 Å². The van der Waals surface area contributed by atoms with Crippen LogP contribution in [0.25, 0.3) is 0 Å². The van der Waals surface area contributed by atoms with Gasteiger partial charge in [-0.1, -0.05) is 33.1 Å². The topological polar surface area (TPSA) is 69.4 Å². The maximum Gasteiger partial charge on any atom is 0.330 e. The number of esters is 1. The molecule has 0 fully saturated rings. The first kappa shape index (κ1) is 14.7. The highest BCUT2D eigenvalue weighted by atomic mass is 16.5. The third kappa shape index (κ3) is 8.03. The van der Waals surface area contributed by atoms with Crippen molar-refractivity contribution in [1.29, 1.82) is 0 Å². The van der Waals surface area contributed by atoms with E-state index in [1.807, 2.05) is 0 Å². The van der Waals surface area contributed by atoms with E-state index in [9.17, 15) is 9.59 Å². The van der Waals surface area contributed by atoms with E-state index in [1.165, 1.54) is 0 Å². The molecule has 4 nitrogen and oxygen atoms in total. The summed E-state index contributed by atoms with van der Waals surface area (Å²) in [5.74, 6) is -0.741. The van der Waals surface area contributed by atoms with Gasteiger partial charge in [0.1, 0.15) is 0 Å². The largest absolute Gasteiger partial charge is 0.462 e. The standard InChI is InChI=1S/C12H21NO3/c1-3-5-6-10(4-2)9-16-12(15)8-7-11(13)14/h7-8,10H,3-6,9H2,1-2H3,(H2,13,14)/b8-7-. The molecule has 16 heavy (non-hydrogen) atoms. The summed E-state index contributed by atoms with van der Waals surface area (Å²) in [4.78, 5) is 21.5. The van der Waals surface area contributed by atoms with E-state index in [-0.39, 0.29) is 0 Å². The van der Waals surface area contributed by atoms with E-state index in [4.69, 9.17) is 10.5 Å². The number of carbonyl (C=O) groups is 2. The Morgan fingerprint density at radius 3 is 2.50 bits per heavy atom. The maximum absolute atomic E-state index is 11.1. The van der Waals surface area contributed by atoms with Crippen molar-refractivity contribution in [1.82, 2.24) is 0 Å². The second-order valence-corrected chi connectivity index (χ2v) is 3.78. The third-order valence-electron chi connectivity index (χ3n) is 2.39. The Bertz CT molecular complexity index is 249. The van der Waals surface area contributed by atoms with Crippen LogP contribution in [0.5, 0.6) is 0 Å². The number of ether oxygens (including phenoxy) is 1. The zero-order chi connectivity index (χ0) is 12.4. The first-order valence-corrected chi connectivity index (χ1v) is 5.74. The smallest absolute Gasteiger partial charge is 0.330 e. The first-order chi connectivity index (χ1) is 7.60. The van der Waals surface area contributed by atoms with Gasteiger partial charge in [-0.15, -0.1) is 0 Å². The number of nitrogens with two attached hydrogens (primary N) is 1. The molecule has 4 heteroatoms. The lowest BCUT2D eigenvalue weighted by atomic mass is 10.0. The predicted molar refractivity (Wildman–Crippen MR) is 62.6 cm³/mol. The molecule has 1 amide bonds. The average Bonchev–Trinajstić information content (AvgIpc) is 2.26. The van der Waals surface area contributed by atoms with E-state index in [0.717, 1.165) is 37.8 Å². The molecule has 0 bridgehead atoms. The van der Waals surface area contributed by atoms with Gasteiger partial charge in [0, 0.05) is 12.2 Å². The van der Waals surface area contributed by atoms with Crippen molar-refractivity contribution >= 4 is 11.9 Å². The van der Waals surface area contributed by atoms with Crippen LogP contribution in [0.2, 0.25) is 0 Å². The number of hydrogen-bond donors (Lipinski definition) is 1. The summed E-state index contributed by atoms with van der Waals surface area (Å²) in [5.41, 5.74) is 4.86. The minimum Gasteiger partial charge on any atom is -0.462 e. The fourth-order valence-corrected chi connectivity index (χ4v) is 1.30. The summed E-state index contributed by atoms with van der Waals surface area (Å²) >= 11 is 0. The van der Waals surface area contributed by atoms with Crippen LogP contribution >= 0.6 is 0 Å². The van der Waals surface area contributed by atoms with E-state index < -0.39 is 11.9 Å². The summed E-state index contributed by atoms with van der Waals surface area (Å²) in [6.45, 7) is 4.63. The average molecular weight is 227 g/mol. The molecular weight excluding hydrogens is 206 g/mol. The molecule has 2 N–H and O–H groups in total. The first-order valence-electron chi connectivity index (χ1n) is 5.74. The summed E-state index contributed by atoms with van der Waals surface area (Å²) in [7, 11) is 0. The number of hydrogen-bond acceptors (Lipinski definition) is 3. The number of primary amides is 1. The Kier molecular flexibility index (Phi) is 8.21. The lowest BCUT2D eigenvalue weighted by molar-refractivity contribution is -0.139. The highest BCUT2D eigenvalue weighted by Crippen LogP contribution is 2.12. The quantitative estimate of drug-likeness (QED) is 0.507. The summed E-state index contributed by atoms with van der Waals surface area (Å²) in [5, 5.41) is 0. The molecule has 0 aromatic rings. The number of carbonyl (C=O) groups excluding carboxylic acids is 2. The van der Waals surface area contributed by atoms with Crippen molar-refractivity contribution in [3.8, 4) is 0 Å². The lowest BCUT2D eigenvalue weighted by Crippen LogP contribution is -2.13. The van der Waals surface area contributed by atoms with Crippen LogP contribution in [0, 0.1) is 5.92 Å². The molecule has 0 aliphatic rings. The number of rotatable bonds is 8. The fraction of sp³-hybridized carbons (Fsp3) is 0.667. The second kappa shape index (κ2) is 8.95. The van der Waals surface area contributed by atoms with E-state index in [1.54, 1.807) is 0 Å². The van der Waals surface area contributed by atoms with Crippen LogP contribution in [0.4, 0.5) is 0 Å². The minimum absolute atomic E-state index is 0.408. The molecule has 1 unspecified atom stereocenters. The van der Waals surface area contributed by atoms with Crippen molar-refractivity contribution in [2.45, 2.75) is 39.5 Å². The van der Waals surface area contributed by atoms with Gasteiger partial charge in [-0.05, 0) is 12.3 Å². The zero-order valence-corrected chi connectivity index (χ0v) is 10.1.